The third-order valence-corrected chi connectivity index (χ3v) is 4.75. The minimum Gasteiger partial charge on any atom is -0.265 e. The van der Waals surface area contributed by atoms with Crippen LogP contribution in [-0.2, 0) is 6.54 Å². The van der Waals surface area contributed by atoms with E-state index in [9.17, 15) is 0 Å². The summed E-state index contributed by atoms with van der Waals surface area (Å²) in [6.45, 7) is 5.84. The molecule has 2 heteroatoms. The van der Waals surface area contributed by atoms with Crippen molar-refractivity contribution in [3.63, 3.8) is 0 Å². The van der Waals surface area contributed by atoms with Crippen LogP contribution < -0.4 is 0 Å². The standard InChI is InChI=1S/C17H24N2/c1-13(2)15-8-5-6-14(10-15)12-19-17-9-4-3-7-16(17)11-18-19/h3-4,7,9,11,13-15H,5-6,8,10,12H2,1-2H3/t14-,15+/m0/s1. The molecule has 0 bridgehead atoms. The predicted molar refractivity (Wildman–Crippen MR) is 80.0 cm³/mol. The number of hydrogen-bond acceptors (Lipinski definition) is 1. The summed E-state index contributed by atoms with van der Waals surface area (Å²) in [6.07, 6.45) is 7.57. The Hall–Kier alpha value is -1.31. The normalized spacial score (nSPS) is 24.2. The van der Waals surface area contributed by atoms with Crippen LogP contribution in [0.4, 0.5) is 0 Å². The maximum Gasteiger partial charge on any atom is 0.0682 e. The second kappa shape index (κ2) is 5.36. The van der Waals surface area contributed by atoms with Crippen LogP contribution in [0.5, 0.6) is 0 Å². The molecule has 0 radical (unpaired) electrons. The maximum absolute atomic E-state index is 4.58. The van der Waals surface area contributed by atoms with Gasteiger partial charge in [-0.05, 0) is 36.7 Å². The Bertz CT molecular complexity index is 541. The fourth-order valence-electron chi connectivity index (χ4n) is 3.52. The van der Waals surface area contributed by atoms with Gasteiger partial charge in [-0.3, -0.25) is 4.68 Å². The minimum absolute atomic E-state index is 0.810. The fourth-order valence-corrected chi connectivity index (χ4v) is 3.52. The Balaban J connectivity index is 1.74. The first-order chi connectivity index (χ1) is 9.24. The van der Waals surface area contributed by atoms with Gasteiger partial charge in [-0.2, -0.15) is 5.10 Å². The first kappa shape index (κ1) is 12.7. The van der Waals surface area contributed by atoms with E-state index >= 15 is 0 Å². The van der Waals surface area contributed by atoms with Crippen LogP contribution in [0.3, 0.4) is 0 Å². The summed E-state index contributed by atoms with van der Waals surface area (Å²) in [7, 11) is 0. The summed E-state index contributed by atoms with van der Waals surface area (Å²) >= 11 is 0. The Kier molecular flexibility index (Phi) is 3.58. The first-order valence-electron chi connectivity index (χ1n) is 7.64. The van der Waals surface area contributed by atoms with Crippen molar-refractivity contribution in [2.24, 2.45) is 17.8 Å². The highest BCUT2D eigenvalue weighted by atomic mass is 15.3. The molecule has 0 saturated heterocycles. The number of hydrogen-bond donors (Lipinski definition) is 0. The molecule has 1 aliphatic rings. The van der Waals surface area contributed by atoms with Gasteiger partial charge in [0.2, 0.25) is 0 Å². The molecular formula is C17H24N2. The Morgan fingerprint density at radius 3 is 2.95 bits per heavy atom. The molecule has 1 aliphatic carbocycles. The van der Waals surface area contributed by atoms with Gasteiger partial charge in [0.1, 0.15) is 0 Å². The van der Waals surface area contributed by atoms with Crippen LogP contribution in [0.15, 0.2) is 30.5 Å². The largest absolute Gasteiger partial charge is 0.265 e. The van der Waals surface area contributed by atoms with Crippen molar-refractivity contribution in [3.8, 4) is 0 Å². The molecule has 3 rings (SSSR count). The molecule has 1 saturated carbocycles. The molecule has 1 fully saturated rings. The zero-order valence-corrected chi connectivity index (χ0v) is 12.0. The Labute approximate surface area is 115 Å². The number of benzene rings is 1. The summed E-state index contributed by atoms with van der Waals surface area (Å²) in [6, 6.07) is 8.53. The molecule has 2 aromatic rings. The van der Waals surface area contributed by atoms with E-state index in [0.717, 1.165) is 24.3 Å². The highest BCUT2D eigenvalue weighted by molar-refractivity contribution is 5.78. The molecule has 0 unspecified atom stereocenters. The van der Waals surface area contributed by atoms with Crippen molar-refractivity contribution in [1.29, 1.82) is 0 Å². The van der Waals surface area contributed by atoms with E-state index in [4.69, 9.17) is 0 Å². The lowest BCUT2D eigenvalue weighted by Gasteiger charge is -2.31. The summed E-state index contributed by atoms with van der Waals surface area (Å²) in [5.74, 6) is 2.56. The SMILES string of the molecule is CC(C)[C@@H]1CCC[C@H](Cn2ncc3ccccc32)C1. The van der Waals surface area contributed by atoms with E-state index in [-0.39, 0.29) is 0 Å². The average molecular weight is 256 g/mol. The van der Waals surface area contributed by atoms with Gasteiger partial charge >= 0.3 is 0 Å². The smallest absolute Gasteiger partial charge is 0.0682 e. The summed E-state index contributed by atoms with van der Waals surface area (Å²) in [5.41, 5.74) is 1.29. The van der Waals surface area contributed by atoms with Crippen molar-refractivity contribution < 1.29 is 0 Å². The second-order valence-electron chi connectivity index (χ2n) is 6.42. The molecule has 0 N–H and O–H groups in total. The lowest BCUT2D eigenvalue weighted by molar-refractivity contribution is 0.196. The monoisotopic (exact) mass is 256 g/mol. The highest BCUT2D eigenvalue weighted by Crippen LogP contribution is 2.34. The van der Waals surface area contributed by atoms with E-state index in [1.54, 1.807) is 0 Å². The lowest BCUT2D eigenvalue weighted by Crippen LogP contribution is -2.23. The number of fused-ring (bicyclic) bond motifs is 1. The molecule has 0 aliphatic heterocycles. The van der Waals surface area contributed by atoms with Gasteiger partial charge in [0.25, 0.3) is 0 Å². The first-order valence-corrected chi connectivity index (χ1v) is 7.64. The summed E-state index contributed by atoms with van der Waals surface area (Å²) < 4.78 is 2.21. The number of para-hydroxylation sites is 1. The molecule has 2 nitrogen and oxygen atoms in total. The van der Waals surface area contributed by atoms with Gasteiger partial charge in [0.15, 0.2) is 0 Å². The molecule has 1 aromatic carbocycles. The molecule has 19 heavy (non-hydrogen) atoms. The lowest BCUT2D eigenvalue weighted by atomic mass is 9.76. The van der Waals surface area contributed by atoms with Crippen molar-refractivity contribution in [1.82, 2.24) is 9.78 Å². The van der Waals surface area contributed by atoms with E-state index in [1.807, 2.05) is 6.20 Å². The van der Waals surface area contributed by atoms with E-state index < -0.39 is 0 Å². The van der Waals surface area contributed by atoms with Crippen LogP contribution >= 0.6 is 0 Å². The molecule has 1 aromatic heterocycles. The van der Waals surface area contributed by atoms with Gasteiger partial charge < -0.3 is 0 Å². The molecule has 1 heterocycles. The third kappa shape index (κ3) is 2.68. The van der Waals surface area contributed by atoms with Crippen LogP contribution in [0.2, 0.25) is 0 Å². The van der Waals surface area contributed by atoms with Gasteiger partial charge in [-0.25, -0.2) is 0 Å². The molecule has 102 valence electrons. The second-order valence-corrected chi connectivity index (χ2v) is 6.42. The van der Waals surface area contributed by atoms with Gasteiger partial charge in [-0.1, -0.05) is 44.9 Å². The van der Waals surface area contributed by atoms with E-state index in [0.29, 0.717) is 0 Å². The quantitative estimate of drug-likeness (QED) is 0.790. The fraction of sp³-hybridized carbons (Fsp3) is 0.588. The van der Waals surface area contributed by atoms with Crippen LogP contribution in [0.1, 0.15) is 39.5 Å². The highest BCUT2D eigenvalue weighted by Gasteiger charge is 2.24. The average Bonchev–Trinajstić information content (AvgIpc) is 2.83. The molecule has 2 atom stereocenters. The van der Waals surface area contributed by atoms with E-state index in [2.05, 4.69) is 47.9 Å². The van der Waals surface area contributed by atoms with Crippen molar-refractivity contribution in [2.75, 3.05) is 0 Å². The van der Waals surface area contributed by atoms with Crippen LogP contribution in [0, 0.1) is 17.8 Å². The van der Waals surface area contributed by atoms with E-state index in [1.165, 1.54) is 36.6 Å². The molecule has 0 amide bonds. The van der Waals surface area contributed by atoms with Crippen molar-refractivity contribution >= 4 is 10.9 Å². The zero-order valence-electron chi connectivity index (χ0n) is 12.0. The van der Waals surface area contributed by atoms with Crippen molar-refractivity contribution in [2.45, 2.75) is 46.1 Å². The third-order valence-electron chi connectivity index (χ3n) is 4.75. The van der Waals surface area contributed by atoms with Crippen LogP contribution in [0.25, 0.3) is 10.9 Å². The topological polar surface area (TPSA) is 17.8 Å². The van der Waals surface area contributed by atoms with Crippen LogP contribution in [-0.4, -0.2) is 9.78 Å². The maximum atomic E-state index is 4.58. The number of nitrogens with zero attached hydrogens (tertiary/aromatic N) is 2. The Morgan fingerprint density at radius 1 is 1.26 bits per heavy atom. The summed E-state index contributed by atoms with van der Waals surface area (Å²) in [5, 5.41) is 5.84. The number of rotatable bonds is 3. The van der Waals surface area contributed by atoms with Gasteiger partial charge in [0, 0.05) is 11.9 Å². The molecule has 0 spiro atoms. The molecular weight excluding hydrogens is 232 g/mol. The number of aromatic nitrogens is 2. The minimum atomic E-state index is 0.810. The zero-order chi connectivity index (χ0) is 13.2. The Morgan fingerprint density at radius 2 is 2.11 bits per heavy atom. The van der Waals surface area contributed by atoms with Gasteiger partial charge in [-0.15, -0.1) is 0 Å². The van der Waals surface area contributed by atoms with Gasteiger partial charge in [0.05, 0.1) is 11.7 Å². The summed E-state index contributed by atoms with van der Waals surface area (Å²) in [4.78, 5) is 0. The predicted octanol–water partition coefficient (Wildman–Crippen LogP) is 4.50. The van der Waals surface area contributed by atoms with Crippen molar-refractivity contribution in [3.05, 3.63) is 30.5 Å².